The first-order valence-corrected chi connectivity index (χ1v) is 8.25. The van der Waals surface area contributed by atoms with Gasteiger partial charge in [-0.1, -0.05) is 61.9 Å². The average molecular weight is 293 g/mol. The Kier molecular flexibility index (Phi) is 4.57. The van der Waals surface area contributed by atoms with Crippen molar-refractivity contribution in [3.63, 3.8) is 0 Å². The second-order valence-electron chi connectivity index (χ2n) is 5.97. The zero-order valence-electron chi connectivity index (χ0n) is 13.2. The number of anilines is 1. The molecule has 0 aromatic heterocycles. The third kappa shape index (κ3) is 2.92. The fourth-order valence-corrected chi connectivity index (χ4v) is 3.36. The maximum atomic E-state index is 13.2. The lowest BCUT2D eigenvalue weighted by atomic mass is 9.91. The van der Waals surface area contributed by atoms with Crippen LogP contribution in [0.25, 0.3) is 0 Å². The summed E-state index contributed by atoms with van der Waals surface area (Å²) in [5.74, 6) is 0.220. The van der Waals surface area contributed by atoms with E-state index in [1.807, 2.05) is 29.2 Å². The molecular formula is C20H23NO. The lowest BCUT2D eigenvalue weighted by Gasteiger charge is -2.32. The Balaban J connectivity index is 1.92. The summed E-state index contributed by atoms with van der Waals surface area (Å²) >= 11 is 0. The van der Waals surface area contributed by atoms with E-state index >= 15 is 0 Å². The smallest absolute Gasteiger partial charge is 0.234 e. The van der Waals surface area contributed by atoms with Crippen molar-refractivity contribution in [2.75, 3.05) is 11.4 Å². The standard InChI is InChI=1S/C20H23NO/c1-2-9-18(16-10-4-3-5-11-16)20(22)21-15-8-13-17-12-6-7-14-19(17)21/h3-7,10-12,14,18H,2,8-9,13,15H2,1H3. The number of carbonyl (C=O) groups is 1. The SMILES string of the molecule is CCCC(C(=O)N1CCCc2ccccc21)c1ccccc1. The first-order valence-electron chi connectivity index (χ1n) is 8.25. The fraction of sp³-hybridized carbons (Fsp3) is 0.350. The number of hydrogen-bond acceptors (Lipinski definition) is 1. The van der Waals surface area contributed by atoms with Gasteiger partial charge in [0, 0.05) is 12.2 Å². The molecule has 0 aliphatic carbocycles. The van der Waals surface area contributed by atoms with Crippen molar-refractivity contribution < 1.29 is 4.79 Å². The monoisotopic (exact) mass is 293 g/mol. The predicted molar refractivity (Wildman–Crippen MR) is 91.2 cm³/mol. The summed E-state index contributed by atoms with van der Waals surface area (Å²) < 4.78 is 0. The van der Waals surface area contributed by atoms with Crippen molar-refractivity contribution in [1.82, 2.24) is 0 Å². The number of amides is 1. The average Bonchev–Trinajstić information content (AvgIpc) is 2.59. The Morgan fingerprint density at radius 2 is 1.82 bits per heavy atom. The molecule has 1 unspecified atom stereocenters. The summed E-state index contributed by atoms with van der Waals surface area (Å²) in [6.45, 7) is 2.98. The Bertz CT molecular complexity index is 635. The van der Waals surface area contributed by atoms with E-state index in [0.717, 1.165) is 43.5 Å². The summed E-state index contributed by atoms with van der Waals surface area (Å²) in [6, 6.07) is 18.5. The summed E-state index contributed by atoms with van der Waals surface area (Å²) in [5.41, 5.74) is 3.54. The molecule has 0 N–H and O–H groups in total. The van der Waals surface area contributed by atoms with Crippen molar-refractivity contribution in [2.24, 2.45) is 0 Å². The van der Waals surface area contributed by atoms with Crippen LogP contribution in [-0.2, 0) is 11.2 Å². The zero-order chi connectivity index (χ0) is 15.4. The highest BCUT2D eigenvalue weighted by Gasteiger charge is 2.28. The molecule has 1 atom stereocenters. The Morgan fingerprint density at radius 1 is 1.09 bits per heavy atom. The van der Waals surface area contributed by atoms with Gasteiger partial charge in [-0.3, -0.25) is 4.79 Å². The third-order valence-electron chi connectivity index (χ3n) is 4.45. The first-order chi connectivity index (χ1) is 10.8. The van der Waals surface area contributed by atoms with Gasteiger partial charge in [0.15, 0.2) is 0 Å². The van der Waals surface area contributed by atoms with Gasteiger partial charge < -0.3 is 4.90 Å². The number of fused-ring (bicyclic) bond motifs is 1. The molecule has 2 nitrogen and oxygen atoms in total. The van der Waals surface area contributed by atoms with Crippen LogP contribution >= 0.6 is 0 Å². The molecule has 0 fully saturated rings. The maximum Gasteiger partial charge on any atom is 0.234 e. The van der Waals surface area contributed by atoms with E-state index in [1.165, 1.54) is 5.56 Å². The lowest BCUT2D eigenvalue weighted by molar-refractivity contribution is -0.120. The molecule has 1 aliphatic rings. The molecule has 0 spiro atoms. The second-order valence-corrected chi connectivity index (χ2v) is 5.97. The molecule has 1 heterocycles. The van der Waals surface area contributed by atoms with Crippen LogP contribution in [0.2, 0.25) is 0 Å². The van der Waals surface area contributed by atoms with Gasteiger partial charge in [0.1, 0.15) is 0 Å². The van der Waals surface area contributed by atoms with Crippen molar-refractivity contribution in [2.45, 2.75) is 38.5 Å². The molecule has 1 aliphatic heterocycles. The van der Waals surface area contributed by atoms with E-state index in [0.29, 0.717) is 0 Å². The molecule has 2 heteroatoms. The van der Waals surface area contributed by atoms with Crippen molar-refractivity contribution in [3.05, 3.63) is 65.7 Å². The first kappa shape index (κ1) is 14.8. The van der Waals surface area contributed by atoms with Gasteiger partial charge in [-0.15, -0.1) is 0 Å². The zero-order valence-corrected chi connectivity index (χ0v) is 13.2. The molecule has 1 amide bonds. The molecular weight excluding hydrogens is 270 g/mol. The number of aryl methyl sites for hydroxylation is 1. The normalized spacial score (nSPS) is 15.2. The second kappa shape index (κ2) is 6.78. The number of hydrogen-bond donors (Lipinski definition) is 0. The van der Waals surface area contributed by atoms with Crippen LogP contribution < -0.4 is 4.90 Å². The van der Waals surface area contributed by atoms with Crippen LogP contribution in [0.1, 0.15) is 43.2 Å². The minimum absolute atomic E-state index is 0.0302. The van der Waals surface area contributed by atoms with Gasteiger partial charge in [-0.25, -0.2) is 0 Å². The van der Waals surface area contributed by atoms with E-state index in [2.05, 4.69) is 37.3 Å². The molecule has 0 saturated heterocycles. The maximum absolute atomic E-state index is 13.2. The van der Waals surface area contributed by atoms with Crippen molar-refractivity contribution in [1.29, 1.82) is 0 Å². The number of para-hydroxylation sites is 1. The van der Waals surface area contributed by atoms with Crippen LogP contribution in [0.5, 0.6) is 0 Å². The van der Waals surface area contributed by atoms with E-state index in [4.69, 9.17) is 0 Å². The van der Waals surface area contributed by atoms with Crippen LogP contribution in [0, 0.1) is 0 Å². The highest BCUT2D eigenvalue weighted by atomic mass is 16.2. The molecule has 22 heavy (non-hydrogen) atoms. The number of rotatable bonds is 4. The fourth-order valence-electron chi connectivity index (χ4n) is 3.36. The molecule has 0 bridgehead atoms. The Labute approximate surface area is 132 Å². The molecule has 0 saturated carbocycles. The highest BCUT2D eigenvalue weighted by Crippen LogP contribution is 2.31. The van der Waals surface area contributed by atoms with Gasteiger partial charge in [0.2, 0.25) is 5.91 Å². The van der Waals surface area contributed by atoms with Crippen molar-refractivity contribution in [3.8, 4) is 0 Å². The molecule has 2 aromatic rings. The lowest BCUT2D eigenvalue weighted by Crippen LogP contribution is -2.38. The van der Waals surface area contributed by atoms with Crippen LogP contribution in [-0.4, -0.2) is 12.5 Å². The van der Waals surface area contributed by atoms with E-state index in [1.54, 1.807) is 0 Å². The van der Waals surface area contributed by atoms with Crippen LogP contribution in [0.4, 0.5) is 5.69 Å². The largest absolute Gasteiger partial charge is 0.312 e. The third-order valence-corrected chi connectivity index (χ3v) is 4.45. The van der Waals surface area contributed by atoms with Crippen LogP contribution in [0.15, 0.2) is 54.6 Å². The molecule has 3 rings (SSSR count). The topological polar surface area (TPSA) is 20.3 Å². The van der Waals surface area contributed by atoms with Gasteiger partial charge in [-0.05, 0) is 36.5 Å². The minimum Gasteiger partial charge on any atom is -0.312 e. The summed E-state index contributed by atoms with van der Waals surface area (Å²) in [5, 5.41) is 0. The highest BCUT2D eigenvalue weighted by molar-refractivity contribution is 5.99. The quantitative estimate of drug-likeness (QED) is 0.810. The van der Waals surface area contributed by atoms with Gasteiger partial charge >= 0.3 is 0 Å². The summed E-state index contributed by atoms with van der Waals surface area (Å²) in [7, 11) is 0. The van der Waals surface area contributed by atoms with E-state index in [-0.39, 0.29) is 11.8 Å². The molecule has 0 radical (unpaired) electrons. The molecule has 2 aromatic carbocycles. The predicted octanol–water partition coefficient (Wildman–Crippen LogP) is 4.55. The Hall–Kier alpha value is -2.09. The van der Waals surface area contributed by atoms with Gasteiger partial charge in [0.25, 0.3) is 0 Å². The molecule has 114 valence electrons. The van der Waals surface area contributed by atoms with Crippen molar-refractivity contribution >= 4 is 11.6 Å². The van der Waals surface area contributed by atoms with Crippen LogP contribution in [0.3, 0.4) is 0 Å². The number of benzene rings is 2. The summed E-state index contributed by atoms with van der Waals surface area (Å²) in [6.07, 6.45) is 4.04. The van der Waals surface area contributed by atoms with E-state index < -0.39 is 0 Å². The van der Waals surface area contributed by atoms with E-state index in [9.17, 15) is 4.79 Å². The minimum atomic E-state index is -0.0302. The van der Waals surface area contributed by atoms with Gasteiger partial charge in [0.05, 0.1) is 5.92 Å². The Morgan fingerprint density at radius 3 is 2.59 bits per heavy atom. The number of carbonyl (C=O) groups excluding carboxylic acids is 1. The summed E-state index contributed by atoms with van der Waals surface area (Å²) in [4.78, 5) is 15.2. The van der Waals surface area contributed by atoms with Gasteiger partial charge in [-0.2, -0.15) is 0 Å². The number of nitrogens with zero attached hydrogens (tertiary/aromatic N) is 1.